The summed E-state index contributed by atoms with van der Waals surface area (Å²) in [5.41, 5.74) is -2.48. The Morgan fingerprint density at radius 3 is 1.71 bits per heavy atom. The number of carboxylic acid groups (broad SMARTS) is 1. The standard InChI is InChI=1S/C3H9NO8P2/c5-2(6)1-4-3(13(7,8)9)14(10,11)12/h3-4H,1H2,(H,5,6)(H2,7,8,9)(H2,10,11,12). The zero-order chi connectivity index (χ0) is 11.6. The van der Waals surface area contributed by atoms with Crippen molar-refractivity contribution in [3.8, 4) is 0 Å². The first-order valence-electron chi connectivity index (χ1n) is 3.11. The molecule has 0 saturated carbocycles. The Bertz CT molecular complexity index is 280. The fourth-order valence-electron chi connectivity index (χ4n) is 0.612. The maximum Gasteiger partial charge on any atom is 0.354 e. The predicted octanol–water partition coefficient (Wildman–Crippen LogP) is -1.70. The Hall–Kier alpha value is -0.270. The molecule has 0 heterocycles. The van der Waals surface area contributed by atoms with E-state index in [4.69, 9.17) is 24.7 Å². The Kier molecular flexibility index (Phi) is 4.41. The van der Waals surface area contributed by atoms with Crippen LogP contribution in [-0.2, 0) is 13.9 Å². The van der Waals surface area contributed by atoms with Crippen LogP contribution in [0.2, 0.25) is 0 Å². The average molecular weight is 249 g/mol. The van der Waals surface area contributed by atoms with Crippen LogP contribution in [0.25, 0.3) is 0 Å². The number of nitrogens with one attached hydrogen (secondary N) is 1. The normalized spacial score (nSPS) is 13.2. The summed E-state index contributed by atoms with van der Waals surface area (Å²) in [7, 11) is -10.2. The summed E-state index contributed by atoms with van der Waals surface area (Å²) in [6, 6.07) is 0. The first-order chi connectivity index (χ1) is 6.05. The van der Waals surface area contributed by atoms with Gasteiger partial charge >= 0.3 is 21.2 Å². The minimum Gasteiger partial charge on any atom is -0.480 e. The third kappa shape index (κ3) is 4.83. The lowest BCUT2D eigenvalue weighted by Gasteiger charge is -2.19. The van der Waals surface area contributed by atoms with Gasteiger partial charge in [-0.05, 0) is 0 Å². The molecule has 0 radical (unpaired) electrons. The van der Waals surface area contributed by atoms with Crippen molar-refractivity contribution in [2.24, 2.45) is 0 Å². The Morgan fingerprint density at radius 1 is 1.14 bits per heavy atom. The van der Waals surface area contributed by atoms with E-state index in [-0.39, 0.29) is 0 Å². The number of hydrogen-bond donors (Lipinski definition) is 6. The van der Waals surface area contributed by atoms with E-state index in [1.54, 1.807) is 5.32 Å². The molecule has 84 valence electrons. The molecule has 6 N–H and O–H groups in total. The van der Waals surface area contributed by atoms with Gasteiger partial charge in [0.25, 0.3) is 0 Å². The van der Waals surface area contributed by atoms with Crippen LogP contribution in [0, 0.1) is 0 Å². The van der Waals surface area contributed by atoms with Crippen LogP contribution in [0.4, 0.5) is 0 Å². The van der Waals surface area contributed by atoms with Gasteiger partial charge in [0.05, 0.1) is 6.54 Å². The van der Waals surface area contributed by atoms with Gasteiger partial charge in [-0.3, -0.25) is 19.2 Å². The van der Waals surface area contributed by atoms with E-state index in [1.807, 2.05) is 0 Å². The highest BCUT2D eigenvalue weighted by Gasteiger charge is 2.43. The smallest absolute Gasteiger partial charge is 0.354 e. The second-order valence-corrected chi connectivity index (χ2v) is 6.12. The first-order valence-corrected chi connectivity index (χ1v) is 6.47. The van der Waals surface area contributed by atoms with Crippen molar-refractivity contribution in [3.63, 3.8) is 0 Å². The van der Waals surface area contributed by atoms with Crippen LogP contribution in [0.5, 0.6) is 0 Å². The molecule has 0 aromatic rings. The van der Waals surface area contributed by atoms with E-state index >= 15 is 0 Å². The van der Waals surface area contributed by atoms with Crippen molar-refractivity contribution in [3.05, 3.63) is 0 Å². The van der Waals surface area contributed by atoms with Crippen molar-refractivity contribution in [1.29, 1.82) is 0 Å². The third-order valence-electron chi connectivity index (χ3n) is 1.07. The summed E-state index contributed by atoms with van der Waals surface area (Å²) in [5.74, 6) is -1.49. The Labute approximate surface area is 78.1 Å². The molecule has 0 spiro atoms. The van der Waals surface area contributed by atoms with E-state index in [1.165, 1.54) is 0 Å². The minimum absolute atomic E-state index is 0.957. The summed E-state index contributed by atoms with van der Waals surface area (Å²) in [5, 5.41) is 9.70. The Morgan fingerprint density at radius 2 is 1.50 bits per heavy atom. The van der Waals surface area contributed by atoms with E-state index in [2.05, 4.69) is 0 Å². The van der Waals surface area contributed by atoms with E-state index < -0.39 is 33.2 Å². The van der Waals surface area contributed by atoms with Gasteiger partial charge in [-0.25, -0.2) is 0 Å². The SMILES string of the molecule is O=C(O)CNC(P(=O)(O)O)P(=O)(O)O. The largest absolute Gasteiger partial charge is 0.480 e. The van der Waals surface area contributed by atoms with Crippen molar-refractivity contribution in [1.82, 2.24) is 5.32 Å². The fourth-order valence-corrected chi connectivity index (χ4v) is 2.84. The second kappa shape index (κ2) is 4.50. The summed E-state index contributed by atoms with van der Waals surface area (Å²) >= 11 is 0. The van der Waals surface area contributed by atoms with Crippen LogP contribution in [0.3, 0.4) is 0 Å². The molecule has 0 aliphatic heterocycles. The van der Waals surface area contributed by atoms with Gasteiger partial charge in [-0.2, -0.15) is 0 Å². The van der Waals surface area contributed by atoms with Crippen molar-refractivity contribution in [2.75, 3.05) is 6.54 Å². The molecule has 0 aliphatic rings. The maximum absolute atomic E-state index is 10.5. The van der Waals surface area contributed by atoms with Crippen LogP contribution in [0.15, 0.2) is 0 Å². The van der Waals surface area contributed by atoms with Gasteiger partial charge in [0, 0.05) is 0 Å². The Balaban J connectivity index is 4.69. The molecule has 0 aliphatic carbocycles. The number of aliphatic carboxylic acids is 1. The number of carboxylic acids is 1. The van der Waals surface area contributed by atoms with Gasteiger partial charge in [-0.15, -0.1) is 0 Å². The van der Waals surface area contributed by atoms with Crippen molar-refractivity contribution >= 4 is 21.2 Å². The van der Waals surface area contributed by atoms with Gasteiger partial charge in [0.15, 0.2) is 0 Å². The molecule has 0 fully saturated rings. The van der Waals surface area contributed by atoms with Gasteiger partial charge in [0.2, 0.25) is 5.52 Å². The topological polar surface area (TPSA) is 164 Å². The third-order valence-corrected chi connectivity index (χ3v) is 4.52. The lowest BCUT2D eigenvalue weighted by molar-refractivity contribution is -0.135. The fraction of sp³-hybridized carbons (Fsp3) is 0.667. The van der Waals surface area contributed by atoms with E-state index in [9.17, 15) is 13.9 Å². The number of rotatable bonds is 5. The van der Waals surface area contributed by atoms with E-state index in [0.717, 1.165) is 0 Å². The highest BCUT2D eigenvalue weighted by Crippen LogP contribution is 2.58. The zero-order valence-electron chi connectivity index (χ0n) is 6.64. The first kappa shape index (κ1) is 13.7. The molecule has 0 amide bonds. The van der Waals surface area contributed by atoms with Crippen LogP contribution >= 0.6 is 15.2 Å². The highest BCUT2D eigenvalue weighted by molar-refractivity contribution is 7.70. The quantitative estimate of drug-likeness (QED) is 0.311. The summed E-state index contributed by atoms with van der Waals surface area (Å²) in [6.45, 7) is -0.957. The molecule has 0 atom stereocenters. The van der Waals surface area contributed by atoms with Crippen LogP contribution in [0.1, 0.15) is 0 Å². The zero-order valence-corrected chi connectivity index (χ0v) is 8.43. The monoisotopic (exact) mass is 249 g/mol. The molecule has 9 nitrogen and oxygen atoms in total. The lowest BCUT2D eigenvalue weighted by Crippen LogP contribution is -2.33. The molecule has 0 unspecified atom stereocenters. The molecular formula is C3H9NO8P2. The van der Waals surface area contributed by atoms with E-state index in [0.29, 0.717) is 0 Å². The van der Waals surface area contributed by atoms with Gasteiger partial charge in [-0.1, -0.05) is 0 Å². The number of hydrogen-bond acceptors (Lipinski definition) is 4. The van der Waals surface area contributed by atoms with Gasteiger partial charge < -0.3 is 24.7 Å². The van der Waals surface area contributed by atoms with Crippen molar-refractivity contribution in [2.45, 2.75) is 5.52 Å². The van der Waals surface area contributed by atoms with Crippen LogP contribution in [-0.4, -0.2) is 42.7 Å². The molecule has 0 rings (SSSR count). The van der Waals surface area contributed by atoms with Crippen LogP contribution < -0.4 is 5.32 Å². The highest BCUT2D eigenvalue weighted by atomic mass is 31.2. The average Bonchev–Trinajstić information content (AvgIpc) is 1.78. The molecular weight excluding hydrogens is 240 g/mol. The molecule has 0 bridgehead atoms. The number of carbonyl (C=O) groups is 1. The molecule has 0 aromatic heterocycles. The van der Waals surface area contributed by atoms with Gasteiger partial charge in [0.1, 0.15) is 0 Å². The molecule has 14 heavy (non-hydrogen) atoms. The summed E-state index contributed by atoms with van der Waals surface area (Å²) in [4.78, 5) is 43.9. The maximum atomic E-state index is 10.5. The summed E-state index contributed by atoms with van der Waals surface area (Å²) in [6.07, 6.45) is 0. The van der Waals surface area contributed by atoms with Crippen molar-refractivity contribution < 1.29 is 38.6 Å². The second-order valence-electron chi connectivity index (χ2n) is 2.33. The molecule has 11 heteroatoms. The summed E-state index contributed by atoms with van der Waals surface area (Å²) < 4.78 is 21.1. The lowest BCUT2D eigenvalue weighted by atomic mass is 10.7. The predicted molar refractivity (Wildman–Crippen MR) is 43.5 cm³/mol. The molecule has 0 saturated heterocycles. The molecule has 0 aromatic carbocycles. The minimum atomic E-state index is -5.09.